The highest BCUT2D eigenvalue weighted by molar-refractivity contribution is 4.78. The van der Waals surface area contributed by atoms with Crippen molar-refractivity contribution in [3.63, 3.8) is 0 Å². The Morgan fingerprint density at radius 3 is 2.33 bits per heavy atom. The quantitative estimate of drug-likeness (QED) is 0.692. The fourth-order valence-corrected chi connectivity index (χ4v) is 1.75. The first-order chi connectivity index (χ1) is 5.70. The van der Waals surface area contributed by atoms with Crippen molar-refractivity contribution >= 4 is 0 Å². The second-order valence-electron chi connectivity index (χ2n) is 4.31. The van der Waals surface area contributed by atoms with Crippen LogP contribution in [0.1, 0.15) is 33.1 Å². The van der Waals surface area contributed by atoms with Crippen LogP contribution in [0.25, 0.3) is 0 Å². The summed E-state index contributed by atoms with van der Waals surface area (Å²) in [4.78, 5) is 2.47. The molecular formula is C10H21NO. The van der Waals surface area contributed by atoms with Crippen molar-refractivity contribution in [2.24, 2.45) is 5.41 Å². The summed E-state index contributed by atoms with van der Waals surface area (Å²) in [5.74, 6) is 0. The maximum absolute atomic E-state index is 9.22. The third kappa shape index (κ3) is 2.46. The third-order valence-corrected chi connectivity index (χ3v) is 3.04. The second kappa shape index (κ2) is 4.24. The Morgan fingerprint density at radius 2 is 1.92 bits per heavy atom. The molecule has 1 saturated heterocycles. The van der Waals surface area contributed by atoms with Crippen LogP contribution in [0.5, 0.6) is 0 Å². The van der Waals surface area contributed by atoms with Gasteiger partial charge < -0.3 is 10.0 Å². The van der Waals surface area contributed by atoms with Crippen LogP contribution >= 0.6 is 0 Å². The van der Waals surface area contributed by atoms with Gasteiger partial charge in [0.15, 0.2) is 0 Å². The molecule has 0 aromatic rings. The molecule has 0 saturated carbocycles. The summed E-state index contributed by atoms with van der Waals surface area (Å²) in [5.41, 5.74) is 0.129. The Morgan fingerprint density at radius 1 is 1.33 bits per heavy atom. The first-order valence-electron chi connectivity index (χ1n) is 5.03. The van der Waals surface area contributed by atoms with E-state index in [0.717, 1.165) is 13.0 Å². The number of rotatable bonds is 4. The second-order valence-corrected chi connectivity index (χ2v) is 4.31. The minimum atomic E-state index is 0.129. The topological polar surface area (TPSA) is 23.5 Å². The normalized spacial score (nSPS) is 24.2. The molecule has 1 aliphatic rings. The van der Waals surface area contributed by atoms with E-state index >= 15 is 0 Å². The predicted octanol–water partition coefficient (Wildman–Crippen LogP) is 1.49. The van der Waals surface area contributed by atoms with Gasteiger partial charge in [-0.05, 0) is 32.4 Å². The molecule has 0 aromatic carbocycles. The van der Waals surface area contributed by atoms with Crippen LogP contribution in [0.15, 0.2) is 0 Å². The number of hydrogen-bond donors (Lipinski definition) is 1. The van der Waals surface area contributed by atoms with Crippen molar-refractivity contribution in [2.45, 2.75) is 33.1 Å². The van der Waals surface area contributed by atoms with Gasteiger partial charge in [-0.25, -0.2) is 0 Å². The van der Waals surface area contributed by atoms with E-state index in [9.17, 15) is 5.11 Å². The number of hydrogen-bond acceptors (Lipinski definition) is 2. The lowest BCUT2D eigenvalue weighted by atomic mass is 9.88. The smallest absolute Gasteiger partial charge is 0.0496 e. The molecule has 72 valence electrons. The molecule has 0 radical (unpaired) electrons. The molecule has 0 aromatic heterocycles. The highest BCUT2D eigenvalue weighted by Crippen LogP contribution is 2.23. The van der Waals surface area contributed by atoms with E-state index in [-0.39, 0.29) is 5.41 Å². The van der Waals surface area contributed by atoms with Gasteiger partial charge in [-0.1, -0.05) is 13.8 Å². The number of likely N-dealkylation sites (tertiary alicyclic amines) is 1. The lowest BCUT2D eigenvalue weighted by Gasteiger charge is -2.30. The fourth-order valence-electron chi connectivity index (χ4n) is 1.75. The van der Waals surface area contributed by atoms with Crippen molar-refractivity contribution in [2.75, 3.05) is 26.2 Å². The molecule has 0 amide bonds. The van der Waals surface area contributed by atoms with Crippen molar-refractivity contribution in [3.05, 3.63) is 0 Å². The molecule has 2 heteroatoms. The summed E-state index contributed by atoms with van der Waals surface area (Å²) in [5, 5.41) is 9.22. The summed E-state index contributed by atoms with van der Waals surface area (Å²) in [7, 11) is 0. The van der Waals surface area contributed by atoms with E-state index in [1.54, 1.807) is 0 Å². The van der Waals surface area contributed by atoms with Gasteiger partial charge in [-0.15, -0.1) is 0 Å². The van der Waals surface area contributed by atoms with Crippen LogP contribution in [0.4, 0.5) is 0 Å². The molecule has 2 nitrogen and oxygen atoms in total. The maximum Gasteiger partial charge on any atom is 0.0496 e. The van der Waals surface area contributed by atoms with Crippen LogP contribution in [-0.2, 0) is 0 Å². The molecule has 0 spiro atoms. The Bertz CT molecular complexity index is 126. The van der Waals surface area contributed by atoms with Crippen molar-refractivity contribution in [1.82, 2.24) is 4.90 Å². The number of aliphatic hydroxyl groups excluding tert-OH is 1. The minimum Gasteiger partial charge on any atom is -0.396 e. The Labute approximate surface area is 75.6 Å². The van der Waals surface area contributed by atoms with E-state index in [0.29, 0.717) is 6.61 Å². The lowest BCUT2D eigenvalue weighted by molar-refractivity contribution is 0.0950. The van der Waals surface area contributed by atoms with Gasteiger partial charge in [0, 0.05) is 18.6 Å². The highest BCUT2D eigenvalue weighted by Gasteiger charge is 2.25. The van der Waals surface area contributed by atoms with E-state index in [1.165, 1.54) is 25.9 Å². The summed E-state index contributed by atoms with van der Waals surface area (Å²) in [6, 6.07) is 0. The van der Waals surface area contributed by atoms with Crippen molar-refractivity contribution in [3.8, 4) is 0 Å². The van der Waals surface area contributed by atoms with Gasteiger partial charge in [0.2, 0.25) is 0 Å². The summed E-state index contributed by atoms with van der Waals surface area (Å²) >= 11 is 0. The van der Waals surface area contributed by atoms with Crippen molar-refractivity contribution < 1.29 is 5.11 Å². The number of aliphatic hydroxyl groups is 1. The molecule has 1 heterocycles. The molecule has 0 bridgehead atoms. The largest absolute Gasteiger partial charge is 0.396 e. The van der Waals surface area contributed by atoms with Crippen LogP contribution in [0, 0.1) is 5.41 Å². The van der Waals surface area contributed by atoms with Gasteiger partial charge in [0.05, 0.1) is 0 Å². The molecular weight excluding hydrogens is 150 g/mol. The molecule has 1 atom stereocenters. The Hall–Kier alpha value is -0.0800. The Balaban J connectivity index is 2.35. The van der Waals surface area contributed by atoms with Crippen LogP contribution in [-0.4, -0.2) is 36.2 Å². The molecule has 1 fully saturated rings. The average molecular weight is 171 g/mol. The average Bonchev–Trinajstić information content (AvgIpc) is 2.57. The van der Waals surface area contributed by atoms with E-state index in [1.807, 2.05) is 0 Å². The lowest BCUT2D eigenvalue weighted by Crippen LogP contribution is -2.36. The number of nitrogens with zero attached hydrogens (tertiary/aromatic N) is 1. The first-order valence-corrected chi connectivity index (χ1v) is 5.03. The molecule has 1 rings (SSSR count). The monoisotopic (exact) mass is 171 g/mol. The van der Waals surface area contributed by atoms with Gasteiger partial charge in [0.25, 0.3) is 0 Å². The third-order valence-electron chi connectivity index (χ3n) is 3.04. The first kappa shape index (κ1) is 10.0. The highest BCUT2D eigenvalue weighted by atomic mass is 16.3. The zero-order chi connectivity index (χ0) is 9.03. The van der Waals surface area contributed by atoms with Crippen LogP contribution < -0.4 is 0 Å². The summed E-state index contributed by atoms with van der Waals surface area (Å²) in [6.07, 6.45) is 3.75. The molecule has 1 N–H and O–H groups in total. The zero-order valence-electron chi connectivity index (χ0n) is 8.34. The maximum atomic E-state index is 9.22. The van der Waals surface area contributed by atoms with Gasteiger partial charge in [0.1, 0.15) is 0 Å². The van der Waals surface area contributed by atoms with Gasteiger partial charge in [-0.2, -0.15) is 0 Å². The van der Waals surface area contributed by atoms with E-state index in [4.69, 9.17) is 0 Å². The summed E-state index contributed by atoms with van der Waals surface area (Å²) in [6.45, 7) is 8.18. The molecule has 0 aliphatic carbocycles. The van der Waals surface area contributed by atoms with Gasteiger partial charge >= 0.3 is 0 Å². The zero-order valence-corrected chi connectivity index (χ0v) is 8.34. The Kier molecular flexibility index (Phi) is 3.53. The van der Waals surface area contributed by atoms with Crippen LogP contribution in [0.2, 0.25) is 0 Å². The minimum absolute atomic E-state index is 0.129. The van der Waals surface area contributed by atoms with Crippen molar-refractivity contribution in [1.29, 1.82) is 0 Å². The fraction of sp³-hybridized carbons (Fsp3) is 1.00. The molecule has 1 unspecified atom stereocenters. The van der Waals surface area contributed by atoms with Gasteiger partial charge in [-0.3, -0.25) is 0 Å². The van der Waals surface area contributed by atoms with E-state index in [2.05, 4.69) is 18.7 Å². The summed E-state index contributed by atoms with van der Waals surface area (Å²) < 4.78 is 0. The van der Waals surface area contributed by atoms with E-state index < -0.39 is 0 Å². The molecule has 1 aliphatic heterocycles. The molecule has 12 heavy (non-hydrogen) atoms. The standard InChI is InChI=1S/C10H21NO/c1-3-10(2,9-12)8-11-6-4-5-7-11/h12H,3-9H2,1-2H3. The SMILES string of the molecule is CCC(C)(CO)CN1CCCC1. The van der Waals surface area contributed by atoms with Crippen LogP contribution in [0.3, 0.4) is 0 Å². The predicted molar refractivity (Wildman–Crippen MR) is 51.2 cm³/mol.